The number of hydrazone groups is 1. The summed E-state index contributed by atoms with van der Waals surface area (Å²) in [6.07, 6.45) is -0.740. The van der Waals surface area contributed by atoms with Crippen LogP contribution in [0.4, 0.5) is 10.5 Å². The number of carbonyl (C=O) groups is 2. The number of ether oxygens (including phenoxy) is 4. The van der Waals surface area contributed by atoms with Crippen molar-refractivity contribution in [2.45, 2.75) is 20.0 Å². The number of nitrogens with one attached hydrogen (secondary N) is 2. The van der Waals surface area contributed by atoms with Gasteiger partial charge in [-0.25, -0.2) is 10.2 Å². The summed E-state index contributed by atoms with van der Waals surface area (Å²) in [7, 11) is 4.62. The van der Waals surface area contributed by atoms with E-state index in [0.29, 0.717) is 28.6 Å². The molecule has 0 radical (unpaired) electrons. The largest absolute Gasteiger partial charge is 0.497 e. The molecule has 0 saturated carbocycles. The number of anilines is 1. The molecule has 2 amide bonds. The van der Waals surface area contributed by atoms with Gasteiger partial charge in [0.05, 0.1) is 33.4 Å². The number of methoxy groups -OCH3 is 3. The maximum Gasteiger partial charge on any atom is 0.428 e. The van der Waals surface area contributed by atoms with Gasteiger partial charge in [0.2, 0.25) is 5.91 Å². The third kappa shape index (κ3) is 7.01. The molecule has 0 bridgehead atoms. The van der Waals surface area contributed by atoms with Gasteiger partial charge in [0.25, 0.3) is 0 Å². The number of amides is 2. The molecular weight excluding hydrogens is 390 g/mol. The molecule has 0 aliphatic rings. The molecule has 9 nitrogen and oxygen atoms in total. The Balaban J connectivity index is 1.81. The van der Waals surface area contributed by atoms with Crippen molar-refractivity contribution in [3.63, 3.8) is 0 Å². The smallest absolute Gasteiger partial charge is 0.428 e. The maximum absolute atomic E-state index is 12.2. The van der Waals surface area contributed by atoms with Crippen LogP contribution < -0.4 is 25.0 Å². The lowest BCUT2D eigenvalue weighted by Crippen LogP contribution is -2.22. The van der Waals surface area contributed by atoms with Crippen molar-refractivity contribution in [3.05, 3.63) is 48.0 Å². The van der Waals surface area contributed by atoms with Crippen LogP contribution in [0.3, 0.4) is 0 Å². The molecule has 0 atom stereocenters. The lowest BCUT2D eigenvalue weighted by atomic mass is 10.2. The molecule has 0 saturated heterocycles. The topological polar surface area (TPSA) is 107 Å². The molecule has 2 N–H and O–H groups in total. The Morgan fingerprint density at radius 1 is 0.933 bits per heavy atom. The first kappa shape index (κ1) is 22.5. The number of hydrogen-bond donors (Lipinski definition) is 2. The highest BCUT2D eigenvalue weighted by atomic mass is 16.6. The predicted molar refractivity (Wildman–Crippen MR) is 112 cm³/mol. The molecule has 0 aliphatic heterocycles. The quantitative estimate of drug-likeness (QED) is 0.480. The lowest BCUT2D eigenvalue weighted by molar-refractivity contribution is -0.115. The van der Waals surface area contributed by atoms with Gasteiger partial charge in [-0.2, -0.15) is 5.10 Å². The average molecular weight is 415 g/mol. The predicted octanol–water partition coefficient (Wildman–Crippen LogP) is 3.34. The minimum atomic E-state index is -0.720. The van der Waals surface area contributed by atoms with Gasteiger partial charge in [0.15, 0.2) is 0 Å². The third-order valence-electron chi connectivity index (χ3n) is 3.97. The molecule has 0 fully saturated rings. The molecule has 0 aliphatic carbocycles. The SMILES string of the molecule is COc1ccc(COC(=O)N/N=C(/C)CC(=O)Nc2ccc(OC)cc2OC)cc1. The second-order valence-corrected chi connectivity index (χ2v) is 6.17. The summed E-state index contributed by atoms with van der Waals surface area (Å²) in [5, 5.41) is 6.61. The van der Waals surface area contributed by atoms with E-state index in [-0.39, 0.29) is 18.9 Å². The zero-order chi connectivity index (χ0) is 21.9. The van der Waals surface area contributed by atoms with Crippen molar-refractivity contribution in [1.82, 2.24) is 5.43 Å². The van der Waals surface area contributed by atoms with Crippen LogP contribution in [-0.4, -0.2) is 39.0 Å². The van der Waals surface area contributed by atoms with Gasteiger partial charge in [-0.05, 0) is 36.8 Å². The van der Waals surface area contributed by atoms with Crippen LogP contribution in [0.15, 0.2) is 47.6 Å². The van der Waals surface area contributed by atoms with Crippen LogP contribution in [0, 0.1) is 0 Å². The first-order chi connectivity index (χ1) is 14.4. The van der Waals surface area contributed by atoms with Crippen LogP contribution in [0.5, 0.6) is 17.2 Å². The van der Waals surface area contributed by atoms with Gasteiger partial charge in [-0.3, -0.25) is 4.79 Å². The van der Waals surface area contributed by atoms with Gasteiger partial charge in [0.1, 0.15) is 23.9 Å². The van der Waals surface area contributed by atoms with Crippen LogP contribution in [0.1, 0.15) is 18.9 Å². The lowest BCUT2D eigenvalue weighted by Gasteiger charge is -2.11. The highest BCUT2D eigenvalue weighted by molar-refractivity contribution is 6.06. The summed E-state index contributed by atoms with van der Waals surface area (Å²) in [4.78, 5) is 24.0. The molecule has 30 heavy (non-hydrogen) atoms. The monoisotopic (exact) mass is 415 g/mol. The first-order valence-corrected chi connectivity index (χ1v) is 9.06. The summed E-state index contributed by atoms with van der Waals surface area (Å²) in [6.45, 7) is 1.71. The molecule has 2 aromatic rings. The van der Waals surface area contributed by atoms with Gasteiger partial charge in [-0.1, -0.05) is 12.1 Å². The minimum Gasteiger partial charge on any atom is -0.497 e. The van der Waals surface area contributed by atoms with E-state index in [9.17, 15) is 9.59 Å². The molecule has 2 aromatic carbocycles. The highest BCUT2D eigenvalue weighted by Crippen LogP contribution is 2.29. The fourth-order valence-corrected chi connectivity index (χ4v) is 2.41. The zero-order valence-electron chi connectivity index (χ0n) is 17.4. The van der Waals surface area contributed by atoms with Gasteiger partial charge >= 0.3 is 6.09 Å². The third-order valence-corrected chi connectivity index (χ3v) is 3.97. The van der Waals surface area contributed by atoms with Crippen LogP contribution in [0.25, 0.3) is 0 Å². The van der Waals surface area contributed by atoms with Crippen molar-refractivity contribution in [1.29, 1.82) is 0 Å². The van der Waals surface area contributed by atoms with Crippen molar-refractivity contribution < 1.29 is 28.5 Å². The van der Waals surface area contributed by atoms with E-state index in [0.717, 1.165) is 5.56 Å². The fraction of sp³-hybridized carbons (Fsp3) is 0.286. The van der Waals surface area contributed by atoms with Crippen LogP contribution in [0.2, 0.25) is 0 Å². The second kappa shape index (κ2) is 11.3. The van der Waals surface area contributed by atoms with Gasteiger partial charge in [-0.15, -0.1) is 0 Å². The molecule has 0 unspecified atom stereocenters. The van der Waals surface area contributed by atoms with E-state index >= 15 is 0 Å². The Kier molecular flexibility index (Phi) is 8.49. The summed E-state index contributed by atoms with van der Waals surface area (Å²) < 4.78 is 20.5. The fourth-order valence-electron chi connectivity index (χ4n) is 2.41. The van der Waals surface area contributed by atoms with E-state index in [4.69, 9.17) is 18.9 Å². The molecule has 0 aromatic heterocycles. The summed E-state index contributed by atoms with van der Waals surface area (Å²) in [5.74, 6) is 1.49. The molecule has 2 rings (SSSR count). The maximum atomic E-state index is 12.2. The van der Waals surface area contributed by atoms with Crippen molar-refractivity contribution in [2.24, 2.45) is 5.10 Å². The average Bonchev–Trinajstić information content (AvgIpc) is 2.76. The minimum absolute atomic E-state index is 0.0199. The Morgan fingerprint density at radius 3 is 2.23 bits per heavy atom. The highest BCUT2D eigenvalue weighted by Gasteiger charge is 2.10. The number of nitrogens with zero attached hydrogens (tertiary/aromatic N) is 1. The summed E-state index contributed by atoms with van der Waals surface area (Å²) in [5.41, 5.74) is 3.97. The van der Waals surface area contributed by atoms with Gasteiger partial charge < -0.3 is 24.3 Å². The summed E-state index contributed by atoms with van der Waals surface area (Å²) >= 11 is 0. The normalized spacial score (nSPS) is 10.7. The van der Waals surface area contributed by atoms with Crippen LogP contribution in [-0.2, 0) is 16.1 Å². The van der Waals surface area contributed by atoms with E-state index in [2.05, 4.69) is 15.8 Å². The zero-order valence-corrected chi connectivity index (χ0v) is 17.4. The van der Waals surface area contributed by atoms with E-state index in [1.807, 2.05) is 0 Å². The van der Waals surface area contributed by atoms with E-state index < -0.39 is 6.09 Å². The van der Waals surface area contributed by atoms with E-state index in [1.165, 1.54) is 7.11 Å². The molecular formula is C21H25N3O6. The molecule has 0 spiro atoms. The Labute approximate surface area is 175 Å². The molecule has 0 heterocycles. The Hall–Kier alpha value is -3.75. The van der Waals surface area contributed by atoms with Crippen molar-refractivity contribution in [3.8, 4) is 17.2 Å². The van der Waals surface area contributed by atoms with Crippen LogP contribution >= 0.6 is 0 Å². The Bertz CT molecular complexity index is 896. The number of rotatable bonds is 9. The summed E-state index contributed by atoms with van der Waals surface area (Å²) in [6, 6.07) is 12.2. The van der Waals surface area contributed by atoms with Crippen molar-refractivity contribution >= 4 is 23.4 Å². The molecule has 9 heteroatoms. The number of hydrogen-bond acceptors (Lipinski definition) is 7. The first-order valence-electron chi connectivity index (χ1n) is 9.06. The Morgan fingerprint density at radius 2 is 1.60 bits per heavy atom. The molecule has 160 valence electrons. The second-order valence-electron chi connectivity index (χ2n) is 6.17. The van der Waals surface area contributed by atoms with Gasteiger partial charge in [0, 0.05) is 11.8 Å². The number of carbonyl (C=O) groups excluding carboxylic acids is 2. The standard InChI is InChI=1S/C21H25N3O6/c1-14(11-20(25)22-18-10-9-17(28-3)12-19(18)29-4)23-24-21(26)30-13-15-5-7-16(27-2)8-6-15/h5-10,12H,11,13H2,1-4H3,(H,22,25)(H,24,26)/b23-14-. The van der Waals surface area contributed by atoms with Crippen molar-refractivity contribution in [2.75, 3.05) is 26.6 Å². The number of benzene rings is 2. The van der Waals surface area contributed by atoms with E-state index in [1.54, 1.807) is 63.6 Å².